The van der Waals surface area contributed by atoms with Gasteiger partial charge in [0.1, 0.15) is 5.92 Å². The third-order valence-corrected chi connectivity index (χ3v) is 3.24. The number of nitrogens with one attached hydrogen (secondary N) is 2. The highest BCUT2D eigenvalue weighted by atomic mass is 19.4. The number of aryl methyl sites for hydroxylation is 1. The molecule has 0 radical (unpaired) electrons. The van der Waals surface area contributed by atoms with E-state index in [4.69, 9.17) is 0 Å². The summed E-state index contributed by atoms with van der Waals surface area (Å²) in [4.78, 5) is 12.0. The average molecular weight is 297 g/mol. The van der Waals surface area contributed by atoms with Gasteiger partial charge < -0.3 is 5.32 Å². The molecule has 0 aliphatic rings. The highest BCUT2D eigenvalue weighted by molar-refractivity contribution is 5.86. The lowest BCUT2D eigenvalue weighted by Gasteiger charge is -2.17. The van der Waals surface area contributed by atoms with Crippen LogP contribution < -0.4 is 5.32 Å². The Morgan fingerprint density at radius 1 is 1.33 bits per heavy atom. The molecular formula is C14H14F3N3O. The van der Waals surface area contributed by atoms with Crippen LogP contribution in [-0.4, -0.2) is 23.2 Å². The van der Waals surface area contributed by atoms with E-state index in [0.29, 0.717) is 5.69 Å². The Kier molecular flexibility index (Phi) is 4.02. The van der Waals surface area contributed by atoms with Gasteiger partial charge in [0.25, 0.3) is 0 Å². The molecule has 0 bridgehead atoms. The molecule has 0 aliphatic carbocycles. The Bertz CT molecular complexity index is 635. The molecule has 0 saturated heterocycles. The van der Waals surface area contributed by atoms with E-state index in [-0.39, 0.29) is 11.1 Å². The largest absolute Gasteiger partial charge is 0.416 e. The van der Waals surface area contributed by atoms with E-state index in [2.05, 4.69) is 15.5 Å². The van der Waals surface area contributed by atoms with Crippen LogP contribution in [0.4, 0.5) is 13.2 Å². The third kappa shape index (κ3) is 3.07. The Hall–Kier alpha value is -2.31. The molecule has 21 heavy (non-hydrogen) atoms. The van der Waals surface area contributed by atoms with Crippen molar-refractivity contribution in [2.75, 3.05) is 7.05 Å². The number of likely N-dealkylation sites (N-methyl/N-ethyl adjacent to an activating group) is 1. The topological polar surface area (TPSA) is 57.8 Å². The summed E-state index contributed by atoms with van der Waals surface area (Å²) in [6.45, 7) is 1.39. The van der Waals surface area contributed by atoms with E-state index in [9.17, 15) is 18.0 Å². The van der Waals surface area contributed by atoms with Gasteiger partial charge >= 0.3 is 6.18 Å². The van der Waals surface area contributed by atoms with Crippen LogP contribution in [-0.2, 0) is 11.0 Å². The zero-order valence-corrected chi connectivity index (χ0v) is 11.5. The quantitative estimate of drug-likeness (QED) is 0.915. The first-order chi connectivity index (χ1) is 9.84. The van der Waals surface area contributed by atoms with Gasteiger partial charge in [-0.25, -0.2) is 0 Å². The number of H-pyrrole nitrogens is 1. The van der Waals surface area contributed by atoms with Crippen LogP contribution in [0.1, 0.15) is 28.3 Å². The number of aromatic amines is 1. The molecular weight excluding hydrogens is 283 g/mol. The Morgan fingerprint density at radius 2 is 2.05 bits per heavy atom. The summed E-state index contributed by atoms with van der Waals surface area (Å²) in [6.07, 6.45) is -3.01. The number of alkyl halides is 3. The van der Waals surface area contributed by atoms with Crippen molar-refractivity contribution in [1.82, 2.24) is 15.5 Å². The molecule has 2 aromatic rings. The minimum Gasteiger partial charge on any atom is -0.358 e. The predicted octanol–water partition coefficient (Wildman–Crippen LogP) is 2.61. The number of carbonyl (C=O) groups excluding carboxylic acids is 1. The van der Waals surface area contributed by atoms with Crippen molar-refractivity contribution >= 4 is 5.91 Å². The zero-order valence-electron chi connectivity index (χ0n) is 11.5. The smallest absolute Gasteiger partial charge is 0.358 e. The maximum atomic E-state index is 13.0. The summed E-state index contributed by atoms with van der Waals surface area (Å²) in [5.74, 6) is -1.27. The molecule has 112 valence electrons. The predicted molar refractivity (Wildman–Crippen MR) is 70.7 cm³/mol. The molecule has 2 N–H and O–H groups in total. The second-order valence-electron chi connectivity index (χ2n) is 4.63. The van der Waals surface area contributed by atoms with Gasteiger partial charge in [-0.05, 0) is 30.2 Å². The Morgan fingerprint density at radius 3 is 2.57 bits per heavy atom. The molecule has 0 fully saturated rings. The SMILES string of the molecule is CNC(=O)C(c1ccc(C)c(C(F)(F)F)c1)c1ccn[nH]1. The number of aromatic nitrogens is 2. The van der Waals surface area contributed by atoms with Crippen molar-refractivity contribution < 1.29 is 18.0 Å². The number of hydrogen-bond donors (Lipinski definition) is 2. The highest BCUT2D eigenvalue weighted by Crippen LogP contribution is 2.34. The van der Waals surface area contributed by atoms with Crippen LogP contribution in [0.3, 0.4) is 0 Å². The number of carbonyl (C=O) groups is 1. The molecule has 1 heterocycles. The van der Waals surface area contributed by atoms with Gasteiger partial charge in [-0.1, -0.05) is 12.1 Å². The molecule has 1 amide bonds. The fraction of sp³-hybridized carbons (Fsp3) is 0.286. The van der Waals surface area contributed by atoms with Crippen LogP contribution in [0.5, 0.6) is 0 Å². The van der Waals surface area contributed by atoms with Crippen molar-refractivity contribution in [3.63, 3.8) is 0 Å². The maximum absolute atomic E-state index is 13.0. The van der Waals surface area contributed by atoms with Crippen LogP contribution >= 0.6 is 0 Å². The molecule has 1 unspecified atom stereocenters. The summed E-state index contributed by atoms with van der Waals surface area (Å²) < 4.78 is 39.0. The number of hydrogen-bond acceptors (Lipinski definition) is 2. The fourth-order valence-electron chi connectivity index (χ4n) is 2.17. The first kappa shape index (κ1) is 15.1. The van der Waals surface area contributed by atoms with Crippen molar-refractivity contribution in [3.8, 4) is 0 Å². The summed E-state index contributed by atoms with van der Waals surface area (Å²) in [5, 5.41) is 8.84. The molecule has 1 atom stereocenters. The van der Waals surface area contributed by atoms with Crippen molar-refractivity contribution in [2.24, 2.45) is 0 Å². The second kappa shape index (κ2) is 5.59. The molecule has 0 spiro atoms. The van der Waals surface area contributed by atoms with Crippen LogP contribution in [0.15, 0.2) is 30.5 Å². The molecule has 0 saturated carbocycles. The van der Waals surface area contributed by atoms with Crippen LogP contribution in [0, 0.1) is 6.92 Å². The lowest BCUT2D eigenvalue weighted by Crippen LogP contribution is -2.27. The van der Waals surface area contributed by atoms with Gasteiger partial charge in [0.2, 0.25) is 5.91 Å². The standard InChI is InChI=1S/C14H14F3N3O/c1-8-3-4-9(7-10(8)14(15,16)17)12(13(21)18-2)11-5-6-19-20-11/h3-7,12H,1-2H3,(H,18,21)(H,19,20). The van der Waals surface area contributed by atoms with Crippen LogP contribution in [0.25, 0.3) is 0 Å². The second-order valence-corrected chi connectivity index (χ2v) is 4.63. The van der Waals surface area contributed by atoms with E-state index in [1.54, 1.807) is 6.07 Å². The summed E-state index contributed by atoms with van der Waals surface area (Å²) >= 11 is 0. The molecule has 2 rings (SSSR count). The zero-order chi connectivity index (χ0) is 15.6. The Labute approximate surface area is 119 Å². The fourth-order valence-corrected chi connectivity index (χ4v) is 2.17. The normalized spacial score (nSPS) is 13.0. The first-order valence-corrected chi connectivity index (χ1v) is 6.23. The first-order valence-electron chi connectivity index (χ1n) is 6.23. The number of rotatable bonds is 3. The summed E-state index contributed by atoms with van der Waals surface area (Å²) in [6, 6.07) is 5.46. The van der Waals surface area contributed by atoms with E-state index < -0.39 is 23.6 Å². The van der Waals surface area contributed by atoms with Crippen molar-refractivity contribution in [2.45, 2.75) is 19.0 Å². The van der Waals surface area contributed by atoms with Gasteiger partial charge in [0, 0.05) is 13.2 Å². The van der Waals surface area contributed by atoms with E-state index in [1.165, 1.54) is 32.3 Å². The van der Waals surface area contributed by atoms with E-state index >= 15 is 0 Å². The molecule has 7 heteroatoms. The van der Waals surface area contributed by atoms with Crippen molar-refractivity contribution in [1.29, 1.82) is 0 Å². The van der Waals surface area contributed by atoms with Gasteiger partial charge in [-0.2, -0.15) is 18.3 Å². The van der Waals surface area contributed by atoms with E-state index in [1.807, 2.05) is 0 Å². The monoisotopic (exact) mass is 297 g/mol. The molecule has 4 nitrogen and oxygen atoms in total. The van der Waals surface area contributed by atoms with Crippen molar-refractivity contribution in [3.05, 3.63) is 52.8 Å². The van der Waals surface area contributed by atoms with Gasteiger partial charge in [0.05, 0.1) is 11.3 Å². The van der Waals surface area contributed by atoms with Gasteiger partial charge in [-0.15, -0.1) is 0 Å². The molecule has 1 aromatic carbocycles. The molecule has 0 aliphatic heterocycles. The molecule has 1 aromatic heterocycles. The Balaban J connectivity index is 2.54. The number of amides is 1. The minimum absolute atomic E-state index is 0.117. The number of halogens is 3. The highest BCUT2D eigenvalue weighted by Gasteiger charge is 2.34. The van der Waals surface area contributed by atoms with E-state index in [0.717, 1.165) is 6.07 Å². The lowest BCUT2D eigenvalue weighted by molar-refractivity contribution is -0.138. The summed E-state index contributed by atoms with van der Waals surface area (Å²) in [7, 11) is 1.44. The summed E-state index contributed by atoms with van der Waals surface area (Å²) in [5.41, 5.74) is 0.0720. The minimum atomic E-state index is -4.46. The number of nitrogens with zero attached hydrogens (tertiary/aromatic N) is 1. The average Bonchev–Trinajstić information content (AvgIpc) is 2.93. The van der Waals surface area contributed by atoms with Crippen LogP contribution in [0.2, 0.25) is 0 Å². The number of benzene rings is 1. The lowest BCUT2D eigenvalue weighted by atomic mass is 9.92. The maximum Gasteiger partial charge on any atom is 0.416 e. The van der Waals surface area contributed by atoms with Gasteiger partial charge in [-0.3, -0.25) is 9.89 Å². The third-order valence-electron chi connectivity index (χ3n) is 3.24. The van der Waals surface area contributed by atoms with Gasteiger partial charge in [0.15, 0.2) is 0 Å².